The highest BCUT2D eigenvalue weighted by Crippen LogP contribution is 2.29. The van der Waals surface area contributed by atoms with Crippen LogP contribution in [0.15, 0.2) is 60.8 Å². The third kappa shape index (κ3) is 24.9. The number of hydrogen-bond donors (Lipinski definition) is 1. The first-order chi connectivity index (χ1) is 21.5. The van der Waals surface area contributed by atoms with Gasteiger partial charge in [-0.3, -0.25) is 9.59 Å². The second-order valence-electron chi connectivity index (χ2n) is 12.1. The van der Waals surface area contributed by atoms with E-state index in [1.807, 2.05) is 12.2 Å². The number of hydrogen-bond acceptors (Lipinski definition) is 6. The highest BCUT2D eigenvalue weighted by atomic mass is 16.6. The fourth-order valence-corrected chi connectivity index (χ4v) is 4.69. The minimum Gasteiger partial charge on any atom is -0.462 e. The van der Waals surface area contributed by atoms with E-state index in [0.29, 0.717) is 25.0 Å². The third-order valence-corrected chi connectivity index (χ3v) is 7.42. The van der Waals surface area contributed by atoms with Gasteiger partial charge in [0, 0.05) is 12.8 Å². The van der Waals surface area contributed by atoms with Gasteiger partial charge in [0.05, 0.1) is 18.8 Å². The molecule has 0 aromatic carbocycles. The summed E-state index contributed by atoms with van der Waals surface area (Å²) in [6, 6.07) is 0. The zero-order valence-corrected chi connectivity index (χ0v) is 28.0. The number of allylic oxidation sites excluding steroid dienone is 8. The fraction of sp³-hybridized carbons (Fsp3) is 0.684. The van der Waals surface area contributed by atoms with E-state index < -0.39 is 6.10 Å². The number of carbonyl (C=O) groups is 2. The molecule has 44 heavy (non-hydrogen) atoms. The van der Waals surface area contributed by atoms with Gasteiger partial charge < -0.3 is 19.3 Å². The average molecular weight is 615 g/mol. The molecule has 0 aromatic heterocycles. The summed E-state index contributed by atoms with van der Waals surface area (Å²) >= 11 is 0. The molecule has 0 aliphatic carbocycles. The molecule has 1 N–H and O–H groups in total. The Labute approximate surface area is 268 Å². The molecule has 0 bridgehead atoms. The molecule has 1 aliphatic rings. The van der Waals surface area contributed by atoms with Crippen molar-refractivity contribution in [3.05, 3.63) is 60.8 Å². The zero-order valence-electron chi connectivity index (χ0n) is 28.0. The standard InChI is InChI=1S/C38H62O6/c1-4-5-21-27-35-36(44-35)28-23-18-14-10-8-6-7-9-11-15-19-24-29-37(40)42-32-34(31-39)43-38(41)30-25-20-16-12-13-17-22-26-33(2)3/h5,7-10,15,18-19,21,23,33-36,39H,4,6,11-14,16-17,20,22,24-32H2,1-3H3/b9-7-,10-8-,19-15-,21-5-,23-18-/t34-,35?,36?/m0/s1. The van der Waals surface area contributed by atoms with Gasteiger partial charge in [-0.25, -0.2) is 0 Å². The monoisotopic (exact) mass is 614 g/mol. The van der Waals surface area contributed by atoms with Gasteiger partial charge >= 0.3 is 11.9 Å². The Hall–Kier alpha value is -2.44. The van der Waals surface area contributed by atoms with E-state index >= 15 is 0 Å². The van der Waals surface area contributed by atoms with Crippen LogP contribution in [-0.2, 0) is 23.8 Å². The van der Waals surface area contributed by atoms with E-state index in [0.717, 1.165) is 63.7 Å². The molecule has 1 aliphatic heterocycles. The van der Waals surface area contributed by atoms with Gasteiger partial charge in [0.25, 0.3) is 0 Å². The average Bonchev–Trinajstić information content (AvgIpc) is 3.76. The van der Waals surface area contributed by atoms with Gasteiger partial charge in [-0.05, 0) is 57.3 Å². The number of aliphatic hydroxyl groups excluding tert-OH is 1. The number of epoxide rings is 1. The number of aliphatic hydroxyl groups is 1. The van der Waals surface area contributed by atoms with Gasteiger partial charge in [-0.15, -0.1) is 0 Å². The first kappa shape index (κ1) is 39.6. The molecular formula is C38H62O6. The van der Waals surface area contributed by atoms with Crippen LogP contribution in [0.25, 0.3) is 0 Å². The Kier molecular flexibility index (Phi) is 25.2. The molecule has 6 heteroatoms. The molecule has 3 atom stereocenters. The minimum atomic E-state index is -0.804. The molecule has 250 valence electrons. The maximum absolute atomic E-state index is 12.1. The predicted octanol–water partition coefficient (Wildman–Crippen LogP) is 9.29. The van der Waals surface area contributed by atoms with E-state index in [-0.39, 0.29) is 31.6 Å². The Morgan fingerprint density at radius 1 is 0.705 bits per heavy atom. The normalized spacial score (nSPS) is 17.7. The van der Waals surface area contributed by atoms with Crippen molar-refractivity contribution >= 4 is 11.9 Å². The number of unbranched alkanes of at least 4 members (excludes halogenated alkanes) is 6. The summed E-state index contributed by atoms with van der Waals surface area (Å²) in [6.07, 6.45) is 37.7. The van der Waals surface area contributed by atoms with Crippen molar-refractivity contribution in [2.45, 2.75) is 148 Å². The lowest BCUT2D eigenvalue weighted by Gasteiger charge is -2.15. The summed E-state index contributed by atoms with van der Waals surface area (Å²) in [6.45, 7) is 6.20. The molecule has 6 nitrogen and oxygen atoms in total. The topological polar surface area (TPSA) is 85.4 Å². The van der Waals surface area contributed by atoms with Crippen LogP contribution in [0.2, 0.25) is 0 Å². The highest BCUT2D eigenvalue weighted by molar-refractivity contribution is 5.70. The predicted molar refractivity (Wildman–Crippen MR) is 181 cm³/mol. The van der Waals surface area contributed by atoms with Crippen molar-refractivity contribution in [2.75, 3.05) is 13.2 Å². The molecular weight excluding hydrogens is 552 g/mol. The summed E-state index contributed by atoms with van der Waals surface area (Å²) in [4.78, 5) is 24.1. The van der Waals surface area contributed by atoms with Crippen molar-refractivity contribution in [1.82, 2.24) is 0 Å². The van der Waals surface area contributed by atoms with Crippen LogP contribution in [0.4, 0.5) is 0 Å². The maximum atomic E-state index is 12.1. The van der Waals surface area contributed by atoms with Crippen LogP contribution < -0.4 is 0 Å². The molecule has 1 saturated heterocycles. The second kappa shape index (κ2) is 28.1. The van der Waals surface area contributed by atoms with Gasteiger partial charge in [0.15, 0.2) is 6.10 Å². The van der Waals surface area contributed by atoms with Gasteiger partial charge in [0.2, 0.25) is 0 Å². The van der Waals surface area contributed by atoms with Crippen molar-refractivity contribution < 1.29 is 28.9 Å². The molecule has 0 aromatic rings. The van der Waals surface area contributed by atoms with Crippen LogP contribution >= 0.6 is 0 Å². The van der Waals surface area contributed by atoms with Gasteiger partial charge in [0.1, 0.15) is 6.61 Å². The maximum Gasteiger partial charge on any atom is 0.306 e. The Balaban J connectivity index is 1.98. The summed E-state index contributed by atoms with van der Waals surface area (Å²) in [5.74, 6) is 0.0784. The molecule has 1 fully saturated rings. The lowest BCUT2D eigenvalue weighted by molar-refractivity contribution is -0.161. The molecule has 0 spiro atoms. The van der Waals surface area contributed by atoms with Crippen molar-refractivity contribution in [3.8, 4) is 0 Å². The summed E-state index contributed by atoms with van der Waals surface area (Å²) in [7, 11) is 0. The van der Waals surface area contributed by atoms with Gasteiger partial charge in [-0.2, -0.15) is 0 Å². The second-order valence-corrected chi connectivity index (χ2v) is 12.1. The summed E-state index contributed by atoms with van der Waals surface area (Å²) in [5.41, 5.74) is 0. The van der Waals surface area contributed by atoms with E-state index in [2.05, 4.69) is 69.4 Å². The molecule has 2 unspecified atom stereocenters. The number of ether oxygens (including phenoxy) is 3. The SMILES string of the molecule is CC/C=C\CC1OC1C/C=C\C/C=C\C/C=C\C/C=C\CCC(=O)OC[C@H](CO)OC(=O)CCCCCCCCCC(C)C. The summed E-state index contributed by atoms with van der Waals surface area (Å²) in [5, 5.41) is 9.49. The third-order valence-electron chi connectivity index (χ3n) is 7.42. The molecule has 0 saturated carbocycles. The highest BCUT2D eigenvalue weighted by Gasteiger charge is 2.35. The van der Waals surface area contributed by atoms with Crippen LogP contribution in [0, 0.1) is 5.92 Å². The van der Waals surface area contributed by atoms with Crippen LogP contribution in [0.5, 0.6) is 0 Å². The first-order valence-electron chi connectivity index (χ1n) is 17.3. The zero-order chi connectivity index (χ0) is 32.1. The fourth-order valence-electron chi connectivity index (χ4n) is 4.69. The van der Waals surface area contributed by atoms with Crippen LogP contribution in [0.3, 0.4) is 0 Å². The molecule has 0 radical (unpaired) electrons. The van der Waals surface area contributed by atoms with Crippen molar-refractivity contribution in [1.29, 1.82) is 0 Å². The van der Waals surface area contributed by atoms with Crippen molar-refractivity contribution in [3.63, 3.8) is 0 Å². The van der Waals surface area contributed by atoms with E-state index in [9.17, 15) is 14.7 Å². The molecule has 1 heterocycles. The Bertz CT molecular complexity index is 869. The molecule has 0 amide bonds. The minimum absolute atomic E-state index is 0.112. The Morgan fingerprint density at radius 3 is 1.84 bits per heavy atom. The van der Waals surface area contributed by atoms with E-state index in [1.54, 1.807) is 0 Å². The number of rotatable bonds is 28. The largest absolute Gasteiger partial charge is 0.462 e. The summed E-state index contributed by atoms with van der Waals surface area (Å²) < 4.78 is 16.1. The van der Waals surface area contributed by atoms with E-state index in [1.165, 1.54) is 32.1 Å². The number of carbonyl (C=O) groups excluding carboxylic acids is 2. The molecule has 1 rings (SSSR count). The lowest BCUT2D eigenvalue weighted by atomic mass is 10.0. The quantitative estimate of drug-likeness (QED) is 0.0409. The lowest BCUT2D eigenvalue weighted by Crippen LogP contribution is -2.28. The van der Waals surface area contributed by atoms with E-state index in [4.69, 9.17) is 14.2 Å². The van der Waals surface area contributed by atoms with Crippen LogP contribution in [-0.4, -0.2) is 48.6 Å². The van der Waals surface area contributed by atoms with Crippen molar-refractivity contribution in [2.24, 2.45) is 5.92 Å². The number of esters is 2. The Morgan fingerprint density at radius 2 is 1.25 bits per heavy atom. The van der Waals surface area contributed by atoms with Gasteiger partial charge in [-0.1, -0.05) is 126 Å². The smallest absolute Gasteiger partial charge is 0.306 e. The first-order valence-corrected chi connectivity index (χ1v) is 17.3. The van der Waals surface area contributed by atoms with Crippen LogP contribution in [0.1, 0.15) is 130 Å².